The monoisotopic (exact) mass is 282 g/mol. The van der Waals surface area contributed by atoms with Crippen molar-refractivity contribution < 1.29 is 9.53 Å². The summed E-state index contributed by atoms with van der Waals surface area (Å²) in [7, 11) is 0. The summed E-state index contributed by atoms with van der Waals surface area (Å²) in [6.45, 7) is 8.41. The first-order chi connectivity index (χ1) is 9.72. The molecular weight excluding hydrogens is 248 g/mol. The molecule has 0 fully saturated rings. The topological polar surface area (TPSA) is 26.3 Å². The van der Waals surface area contributed by atoms with E-state index in [0.717, 1.165) is 6.42 Å². The number of esters is 1. The number of ether oxygens (including phenoxy) is 1. The van der Waals surface area contributed by atoms with Gasteiger partial charge >= 0.3 is 5.97 Å². The Hall–Kier alpha value is -0.790. The Morgan fingerprint density at radius 1 is 0.800 bits per heavy atom. The number of rotatable bonds is 14. The number of unbranched alkanes of at least 4 members (excludes halogenated alkanes) is 10. The highest BCUT2D eigenvalue weighted by Crippen LogP contribution is 2.11. The summed E-state index contributed by atoms with van der Waals surface area (Å²) in [4.78, 5) is 11.3. The van der Waals surface area contributed by atoms with Gasteiger partial charge in [0.25, 0.3) is 0 Å². The van der Waals surface area contributed by atoms with Gasteiger partial charge in [-0.15, -0.1) is 0 Å². The summed E-state index contributed by atoms with van der Waals surface area (Å²) in [6.07, 6.45) is 15.1. The predicted molar refractivity (Wildman–Crippen MR) is 86.9 cm³/mol. The van der Waals surface area contributed by atoms with E-state index in [2.05, 4.69) is 13.5 Å². The minimum Gasteiger partial charge on any atom is -0.462 e. The third-order valence-corrected chi connectivity index (χ3v) is 3.70. The molecule has 0 aromatic carbocycles. The summed E-state index contributed by atoms with van der Waals surface area (Å²) in [6, 6.07) is 0. The highest BCUT2D eigenvalue weighted by Gasteiger charge is 2.04. The average molecular weight is 282 g/mol. The van der Waals surface area contributed by atoms with Crippen LogP contribution in [0.15, 0.2) is 12.2 Å². The van der Waals surface area contributed by atoms with Crippen molar-refractivity contribution >= 4 is 5.97 Å². The molecule has 0 bridgehead atoms. The molecule has 0 aliphatic heterocycles. The van der Waals surface area contributed by atoms with Crippen LogP contribution in [0, 0.1) is 0 Å². The molecule has 0 aliphatic carbocycles. The molecule has 118 valence electrons. The van der Waals surface area contributed by atoms with Crippen LogP contribution in [0.5, 0.6) is 0 Å². The smallest absolute Gasteiger partial charge is 0.333 e. The number of carbonyl (C=O) groups excluding carboxylic acids is 1. The predicted octanol–water partition coefficient (Wildman–Crippen LogP) is 5.81. The van der Waals surface area contributed by atoms with Gasteiger partial charge in [0.05, 0.1) is 6.61 Å². The number of carbonyl (C=O) groups is 1. The molecule has 0 aromatic rings. The Morgan fingerprint density at radius 3 is 1.70 bits per heavy atom. The van der Waals surface area contributed by atoms with Crippen LogP contribution >= 0.6 is 0 Å². The molecular formula is C18H34O2. The van der Waals surface area contributed by atoms with E-state index in [1.165, 1.54) is 64.2 Å². The zero-order valence-corrected chi connectivity index (χ0v) is 13.7. The number of hydrogen-bond donors (Lipinski definition) is 0. The van der Waals surface area contributed by atoms with Crippen molar-refractivity contribution in [3.63, 3.8) is 0 Å². The highest BCUT2D eigenvalue weighted by atomic mass is 16.5. The van der Waals surface area contributed by atoms with Gasteiger partial charge < -0.3 is 4.74 Å². The number of hydrogen-bond acceptors (Lipinski definition) is 2. The van der Waals surface area contributed by atoms with Crippen LogP contribution in [0.1, 0.15) is 90.9 Å². The van der Waals surface area contributed by atoms with Crippen molar-refractivity contribution in [3.05, 3.63) is 12.2 Å². The second-order valence-electron chi connectivity index (χ2n) is 5.63. The molecule has 0 spiro atoms. The SMILES string of the molecule is C=C(CC)C(=O)OCCCCCCCCCCCCC. The second-order valence-corrected chi connectivity index (χ2v) is 5.63. The van der Waals surface area contributed by atoms with Crippen LogP contribution in [-0.2, 0) is 9.53 Å². The van der Waals surface area contributed by atoms with Crippen LogP contribution in [0.4, 0.5) is 0 Å². The quantitative estimate of drug-likeness (QED) is 0.228. The molecule has 0 aliphatic rings. The Labute approximate surface area is 126 Å². The van der Waals surface area contributed by atoms with Gasteiger partial charge in [0, 0.05) is 5.57 Å². The molecule has 20 heavy (non-hydrogen) atoms. The van der Waals surface area contributed by atoms with Crippen LogP contribution in [-0.4, -0.2) is 12.6 Å². The summed E-state index contributed by atoms with van der Waals surface area (Å²) in [5.74, 6) is -0.223. The van der Waals surface area contributed by atoms with Crippen molar-refractivity contribution in [1.29, 1.82) is 0 Å². The Balaban J connectivity index is 3.13. The van der Waals surface area contributed by atoms with Gasteiger partial charge in [-0.2, -0.15) is 0 Å². The van der Waals surface area contributed by atoms with Crippen molar-refractivity contribution in [2.45, 2.75) is 90.9 Å². The maximum Gasteiger partial charge on any atom is 0.333 e. The zero-order valence-electron chi connectivity index (χ0n) is 13.7. The van der Waals surface area contributed by atoms with Crippen molar-refractivity contribution in [1.82, 2.24) is 0 Å². The molecule has 0 unspecified atom stereocenters. The van der Waals surface area contributed by atoms with E-state index in [0.29, 0.717) is 18.6 Å². The van der Waals surface area contributed by atoms with Crippen molar-refractivity contribution in [2.24, 2.45) is 0 Å². The summed E-state index contributed by atoms with van der Waals surface area (Å²) in [5.41, 5.74) is 0.577. The van der Waals surface area contributed by atoms with Gasteiger partial charge in [-0.05, 0) is 12.8 Å². The first-order valence-corrected chi connectivity index (χ1v) is 8.57. The van der Waals surface area contributed by atoms with E-state index >= 15 is 0 Å². The van der Waals surface area contributed by atoms with Gasteiger partial charge in [-0.1, -0.05) is 84.6 Å². The summed E-state index contributed by atoms with van der Waals surface area (Å²) < 4.78 is 5.14. The Bertz CT molecular complexity index is 246. The molecule has 0 rings (SSSR count). The molecule has 0 aromatic heterocycles. The molecule has 0 saturated heterocycles. The van der Waals surface area contributed by atoms with Crippen molar-refractivity contribution in [3.8, 4) is 0 Å². The Morgan fingerprint density at radius 2 is 1.25 bits per heavy atom. The molecule has 2 heteroatoms. The van der Waals surface area contributed by atoms with Crippen molar-refractivity contribution in [2.75, 3.05) is 6.61 Å². The van der Waals surface area contributed by atoms with Crippen LogP contribution in [0.3, 0.4) is 0 Å². The van der Waals surface area contributed by atoms with Gasteiger partial charge in [0.2, 0.25) is 0 Å². The van der Waals surface area contributed by atoms with E-state index in [1.54, 1.807) is 0 Å². The third-order valence-electron chi connectivity index (χ3n) is 3.70. The van der Waals surface area contributed by atoms with Crippen LogP contribution in [0.25, 0.3) is 0 Å². The maximum atomic E-state index is 11.3. The lowest BCUT2D eigenvalue weighted by Gasteiger charge is -2.05. The zero-order chi connectivity index (χ0) is 15.1. The van der Waals surface area contributed by atoms with Gasteiger partial charge in [-0.25, -0.2) is 4.79 Å². The van der Waals surface area contributed by atoms with E-state index in [1.807, 2.05) is 6.92 Å². The molecule has 0 amide bonds. The van der Waals surface area contributed by atoms with E-state index in [4.69, 9.17) is 4.74 Å². The second kappa shape index (κ2) is 14.6. The lowest BCUT2D eigenvalue weighted by atomic mass is 10.1. The average Bonchev–Trinajstić information content (AvgIpc) is 2.47. The largest absolute Gasteiger partial charge is 0.462 e. The van der Waals surface area contributed by atoms with Gasteiger partial charge in [0.15, 0.2) is 0 Å². The maximum absolute atomic E-state index is 11.3. The normalized spacial score (nSPS) is 10.5. The van der Waals surface area contributed by atoms with E-state index in [-0.39, 0.29) is 5.97 Å². The van der Waals surface area contributed by atoms with Crippen LogP contribution in [0.2, 0.25) is 0 Å². The van der Waals surface area contributed by atoms with Gasteiger partial charge in [-0.3, -0.25) is 0 Å². The first-order valence-electron chi connectivity index (χ1n) is 8.57. The third kappa shape index (κ3) is 12.3. The molecule has 0 atom stereocenters. The summed E-state index contributed by atoms with van der Waals surface area (Å²) >= 11 is 0. The van der Waals surface area contributed by atoms with E-state index in [9.17, 15) is 4.79 Å². The fourth-order valence-electron chi connectivity index (χ4n) is 2.18. The molecule has 0 N–H and O–H groups in total. The molecule has 0 radical (unpaired) electrons. The minimum absolute atomic E-state index is 0.223. The van der Waals surface area contributed by atoms with E-state index < -0.39 is 0 Å². The first kappa shape index (κ1) is 19.2. The summed E-state index contributed by atoms with van der Waals surface area (Å²) in [5, 5.41) is 0. The molecule has 0 heterocycles. The molecule has 0 saturated carbocycles. The van der Waals surface area contributed by atoms with Crippen LogP contribution < -0.4 is 0 Å². The Kier molecular flexibility index (Phi) is 14.0. The minimum atomic E-state index is -0.223. The van der Waals surface area contributed by atoms with Gasteiger partial charge in [0.1, 0.15) is 0 Å². The lowest BCUT2D eigenvalue weighted by molar-refractivity contribution is -0.139. The lowest BCUT2D eigenvalue weighted by Crippen LogP contribution is -2.07. The fraction of sp³-hybridized carbons (Fsp3) is 0.833. The fourth-order valence-corrected chi connectivity index (χ4v) is 2.18. The molecule has 2 nitrogen and oxygen atoms in total. The standard InChI is InChI=1S/C18H34O2/c1-4-6-7-8-9-10-11-12-13-14-15-16-20-18(19)17(3)5-2/h3-16H2,1-2H3. The highest BCUT2D eigenvalue weighted by molar-refractivity contribution is 5.87.